The molecule has 1 heterocycles. The van der Waals surface area contributed by atoms with Gasteiger partial charge in [0.25, 0.3) is 5.56 Å². The molecule has 0 aromatic carbocycles. The lowest BCUT2D eigenvalue weighted by Gasteiger charge is -2.14. The Morgan fingerprint density at radius 1 is 1.67 bits per heavy atom. The van der Waals surface area contributed by atoms with Gasteiger partial charge in [-0.2, -0.15) is 0 Å². The van der Waals surface area contributed by atoms with Crippen molar-refractivity contribution < 1.29 is 9.50 Å². The number of halogens is 1. The lowest BCUT2D eigenvalue weighted by molar-refractivity contribution is 0.0943. The molecule has 6 heteroatoms. The van der Waals surface area contributed by atoms with E-state index in [-0.39, 0.29) is 13.0 Å². The minimum atomic E-state index is -1.89. The second-order valence-corrected chi connectivity index (χ2v) is 4.14. The average molecular weight is 214 g/mol. The second kappa shape index (κ2) is 2.79. The number of aromatic amines is 1. The number of nitrogens with zero attached hydrogens (tertiary/aromatic N) is 1. The monoisotopic (exact) mass is 214 g/mol. The summed E-state index contributed by atoms with van der Waals surface area (Å²) in [5.74, 6) is -1.89. The van der Waals surface area contributed by atoms with Crippen LogP contribution in [-0.4, -0.2) is 21.3 Å². The van der Waals surface area contributed by atoms with Gasteiger partial charge < -0.3 is 5.11 Å². The van der Waals surface area contributed by atoms with Gasteiger partial charge in [0.05, 0.1) is 6.61 Å². The van der Waals surface area contributed by atoms with Gasteiger partial charge in [-0.25, -0.2) is 9.18 Å². The Morgan fingerprint density at radius 2 is 2.33 bits per heavy atom. The Morgan fingerprint density at radius 3 is 2.80 bits per heavy atom. The summed E-state index contributed by atoms with van der Waals surface area (Å²) in [7, 11) is 0. The minimum Gasteiger partial charge on any atom is -0.396 e. The molecule has 0 saturated heterocycles. The fourth-order valence-electron chi connectivity index (χ4n) is 1.72. The molecule has 1 aromatic rings. The number of nitrogens with one attached hydrogen (secondary N) is 1. The number of aromatic nitrogens is 2. The predicted octanol–water partition coefficient (Wildman–Crippen LogP) is -0.439. The summed E-state index contributed by atoms with van der Waals surface area (Å²) in [5.41, 5.74) is -2.29. The fourth-order valence-corrected chi connectivity index (χ4v) is 1.72. The summed E-state index contributed by atoms with van der Waals surface area (Å²) in [6, 6.07) is 1.08. The molecule has 82 valence electrons. The highest BCUT2D eigenvalue weighted by Gasteiger charge is 2.67. The first-order chi connectivity index (χ1) is 6.93. The molecule has 2 rings (SSSR count). The van der Waals surface area contributed by atoms with E-state index in [1.807, 2.05) is 4.98 Å². The molecule has 0 radical (unpaired) electrons. The molecule has 1 fully saturated rings. The Bertz CT molecular complexity index is 509. The van der Waals surface area contributed by atoms with Crippen LogP contribution in [0, 0.1) is 5.41 Å². The molecule has 0 amide bonds. The molecule has 5 nitrogen and oxygen atoms in total. The van der Waals surface area contributed by atoms with Crippen molar-refractivity contribution in [2.75, 3.05) is 6.61 Å². The lowest BCUT2D eigenvalue weighted by atomic mass is 10.1. The molecule has 0 unspecified atom stereocenters. The third-order valence-corrected chi connectivity index (χ3v) is 2.98. The second-order valence-electron chi connectivity index (χ2n) is 4.14. The maximum atomic E-state index is 14.2. The third-order valence-electron chi connectivity index (χ3n) is 2.98. The van der Waals surface area contributed by atoms with Crippen LogP contribution in [0.1, 0.15) is 13.3 Å². The first kappa shape index (κ1) is 10.1. The molecule has 1 aliphatic rings. The Kier molecular flexibility index (Phi) is 1.88. The van der Waals surface area contributed by atoms with Crippen molar-refractivity contribution >= 4 is 0 Å². The summed E-state index contributed by atoms with van der Waals surface area (Å²) >= 11 is 0. The van der Waals surface area contributed by atoms with E-state index < -0.39 is 22.5 Å². The van der Waals surface area contributed by atoms with Crippen LogP contribution in [0.4, 0.5) is 4.39 Å². The van der Waals surface area contributed by atoms with Gasteiger partial charge in [0.15, 0.2) is 5.79 Å². The maximum Gasteiger partial charge on any atom is 0.330 e. The van der Waals surface area contributed by atoms with E-state index in [0.29, 0.717) is 0 Å². The number of hydrogen-bond donors (Lipinski definition) is 2. The highest BCUT2D eigenvalue weighted by Crippen LogP contribution is 2.61. The van der Waals surface area contributed by atoms with Crippen LogP contribution >= 0.6 is 0 Å². The third kappa shape index (κ3) is 1.25. The maximum absolute atomic E-state index is 14.2. The van der Waals surface area contributed by atoms with Crippen LogP contribution in [0.25, 0.3) is 0 Å². The van der Waals surface area contributed by atoms with Crippen molar-refractivity contribution in [1.82, 2.24) is 9.55 Å². The summed E-state index contributed by atoms with van der Waals surface area (Å²) in [6.45, 7) is 1.21. The Hall–Kier alpha value is -1.43. The smallest absolute Gasteiger partial charge is 0.330 e. The van der Waals surface area contributed by atoms with E-state index in [4.69, 9.17) is 5.11 Å². The summed E-state index contributed by atoms with van der Waals surface area (Å²) in [5, 5.41) is 8.98. The average Bonchev–Trinajstić information content (AvgIpc) is 2.71. The molecule has 15 heavy (non-hydrogen) atoms. The number of aliphatic hydroxyl groups excluding tert-OH is 1. The molecular weight excluding hydrogens is 203 g/mol. The molecule has 1 aliphatic carbocycles. The molecule has 2 atom stereocenters. The van der Waals surface area contributed by atoms with Crippen LogP contribution < -0.4 is 11.2 Å². The highest BCUT2D eigenvalue weighted by molar-refractivity contribution is 5.11. The summed E-state index contributed by atoms with van der Waals surface area (Å²) in [6.07, 6.45) is 1.19. The zero-order valence-corrected chi connectivity index (χ0v) is 8.16. The normalized spacial score (nSPS) is 34.1. The van der Waals surface area contributed by atoms with Crippen LogP contribution in [0.5, 0.6) is 0 Å². The van der Waals surface area contributed by atoms with Gasteiger partial charge in [0, 0.05) is 24.1 Å². The van der Waals surface area contributed by atoms with Crippen molar-refractivity contribution in [3.8, 4) is 0 Å². The van der Waals surface area contributed by atoms with Gasteiger partial charge in [-0.15, -0.1) is 0 Å². The molecular formula is C9H11FN2O3. The van der Waals surface area contributed by atoms with Gasteiger partial charge in [0.1, 0.15) is 0 Å². The predicted molar refractivity (Wildman–Crippen MR) is 50.2 cm³/mol. The van der Waals surface area contributed by atoms with Crippen molar-refractivity contribution in [2.24, 2.45) is 5.41 Å². The molecule has 1 saturated carbocycles. The molecule has 0 aliphatic heterocycles. The molecule has 0 spiro atoms. The van der Waals surface area contributed by atoms with Crippen LogP contribution in [0.2, 0.25) is 0 Å². The first-order valence-corrected chi connectivity index (χ1v) is 4.55. The van der Waals surface area contributed by atoms with Gasteiger partial charge in [0.2, 0.25) is 0 Å². The summed E-state index contributed by atoms with van der Waals surface area (Å²) in [4.78, 5) is 24.1. The highest BCUT2D eigenvalue weighted by atomic mass is 19.1. The molecule has 1 aromatic heterocycles. The zero-order chi connectivity index (χ0) is 11.3. The first-order valence-electron chi connectivity index (χ1n) is 4.55. The van der Waals surface area contributed by atoms with Gasteiger partial charge >= 0.3 is 5.69 Å². The van der Waals surface area contributed by atoms with E-state index >= 15 is 0 Å². The number of rotatable bonds is 2. The van der Waals surface area contributed by atoms with E-state index in [2.05, 4.69) is 0 Å². The SMILES string of the molecule is C[C@]1(CO)C[C@@]1(F)n1ccc(=O)[nH]c1=O. The Balaban J connectivity index is 2.50. The van der Waals surface area contributed by atoms with E-state index in [1.165, 1.54) is 0 Å². The van der Waals surface area contributed by atoms with Crippen LogP contribution in [0.3, 0.4) is 0 Å². The largest absolute Gasteiger partial charge is 0.396 e. The number of aliphatic hydroxyl groups is 1. The van der Waals surface area contributed by atoms with Crippen molar-refractivity contribution in [3.63, 3.8) is 0 Å². The minimum absolute atomic E-state index is 0.0719. The molecule has 2 N–H and O–H groups in total. The summed E-state index contributed by atoms with van der Waals surface area (Å²) < 4.78 is 15.0. The van der Waals surface area contributed by atoms with Crippen molar-refractivity contribution in [1.29, 1.82) is 0 Å². The van der Waals surface area contributed by atoms with Crippen molar-refractivity contribution in [3.05, 3.63) is 33.1 Å². The topological polar surface area (TPSA) is 75.1 Å². The quantitative estimate of drug-likeness (QED) is 0.700. The standard InChI is InChI=1S/C9H11FN2O3/c1-8(5-13)4-9(8,10)12-3-2-6(14)11-7(12)15/h2-3,13H,4-5H2,1H3,(H,11,14,15)/t8-,9-/m1/s1. The number of H-pyrrole nitrogens is 1. The number of hydrogen-bond acceptors (Lipinski definition) is 3. The zero-order valence-electron chi connectivity index (χ0n) is 8.16. The van der Waals surface area contributed by atoms with Crippen LogP contribution in [0.15, 0.2) is 21.9 Å². The van der Waals surface area contributed by atoms with E-state index in [1.54, 1.807) is 6.92 Å². The molecule has 0 bridgehead atoms. The Labute approximate surface area is 84.2 Å². The fraction of sp³-hybridized carbons (Fsp3) is 0.556. The van der Waals surface area contributed by atoms with E-state index in [0.717, 1.165) is 16.8 Å². The van der Waals surface area contributed by atoms with Gasteiger partial charge in [-0.05, 0) is 0 Å². The lowest BCUT2D eigenvalue weighted by Crippen LogP contribution is -2.36. The number of alkyl halides is 1. The van der Waals surface area contributed by atoms with Gasteiger partial charge in [-0.1, -0.05) is 6.92 Å². The van der Waals surface area contributed by atoms with Gasteiger partial charge in [-0.3, -0.25) is 14.3 Å². The van der Waals surface area contributed by atoms with Crippen LogP contribution in [-0.2, 0) is 5.79 Å². The van der Waals surface area contributed by atoms with Crippen molar-refractivity contribution in [2.45, 2.75) is 19.1 Å². The van der Waals surface area contributed by atoms with E-state index in [9.17, 15) is 14.0 Å².